The van der Waals surface area contributed by atoms with Crippen molar-refractivity contribution in [2.24, 2.45) is 5.92 Å². The maximum absolute atomic E-state index is 13.2. The second kappa shape index (κ2) is 23.3. The summed E-state index contributed by atoms with van der Waals surface area (Å²) in [6.07, 6.45) is 6.84. The van der Waals surface area contributed by atoms with E-state index < -0.39 is 58.4 Å². The molecule has 1 aromatic rings. The molecule has 326 valence electrons. The number of amides is 3. The highest BCUT2D eigenvalue weighted by Crippen LogP contribution is 2.16. The number of esters is 4. The van der Waals surface area contributed by atoms with Crippen molar-refractivity contribution in [2.45, 2.75) is 189 Å². The number of nitrogens with zero attached hydrogens (tertiary/aromatic N) is 2. The van der Waals surface area contributed by atoms with Crippen molar-refractivity contribution in [3.63, 3.8) is 0 Å². The Morgan fingerprint density at radius 3 is 1.68 bits per heavy atom. The Hall–Kier alpha value is -4.21. The van der Waals surface area contributed by atoms with Crippen molar-refractivity contribution in [2.75, 3.05) is 13.1 Å². The van der Waals surface area contributed by atoms with Crippen LogP contribution in [0.25, 0.3) is 0 Å². The average molecular weight is 809 g/mol. The number of rotatable bonds is 22. The molecule has 1 heterocycles. The largest absolute Gasteiger partial charge is 0.460 e. The van der Waals surface area contributed by atoms with E-state index in [4.69, 9.17) is 18.9 Å². The molecule has 0 saturated carbocycles. The first-order chi connectivity index (χ1) is 26.1. The van der Waals surface area contributed by atoms with Crippen LogP contribution in [0.15, 0.2) is 12.4 Å². The zero-order valence-corrected chi connectivity index (χ0v) is 36.8. The molecular weight excluding hydrogens is 736 g/mol. The van der Waals surface area contributed by atoms with E-state index in [9.17, 15) is 28.8 Å². The van der Waals surface area contributed by atoms with Crippen LogP contribution >= 0.6 is 0 Å². The summed E-state index contributed by atoms with van der Waals surface area (Å²) in [5.74, 6) is -1.73. The molecule has 1 rings (SSSR count). The molecule has 16 heteroatoms. The van der Waals surface area contributed by atoms with Crippen LogP contribution in [0.2, 0.25) is 0 Å². The van der Waals surface area contributed by atoms with Gasteiger partial charge >= 0.3 is 29.9 Å². The first-order valence-electron chi connectivity index (χ1n) is 20.1. The molecule has 0 saturated heterocycles. The topological polar surface area (TPSA) is 205 Å². The number of hydrogen-bond donors (Lipinski definition) is 4. The van der Waals surface area contributed by atoms with Gasteiger partial charge in [0, 0.05) is 31.3 Å². The maximum Gasteiger partial charge on any atom is 0.329 e. The zero-order chi connectivity index (χ0) is 43.6. The summed E-state index contributed by atoms with van der Waals surface area (Å²) in [7, 11) is 0. The minimum atomic E-state index is -1.18. The van der Waals surface area contributed by atoms with E-state index in [-0.39, 0.29) is 43.6 Å². The van der Waals surface area contributed by atoms with Gasteiger partial charge in [-0.2, -0.15) is 0 Å². The highest BCUT2D eigenvalue weighted by molar-refractivity contribution is 5.87. The highest BCUT2D eigenvalue weighted by Gasteiger charge is 2.31. The molecule has 3 unspecified atom stereocenters. The van der Waals surface area contributed by atoms with Crippen LogP contribution in [0.4, 0.5) is 4.79 Å². The molecular formula is C41H72N6O10. The lowest BCUT2D eigenvalue weighted by molar-refractivity contribution is -0.159. The standard InChI is InChI=1S/C41H72N6O10/c1-28(18-14-16-22-42-26-31-43-24-25-47(31)27-33(49)55-39(5,6)7)34(50)44-23-17-15-19-29(35(51)56-40(8,9)10)45-37(53)46-30(36(52)57-41(11,12)13)20-21-32(48)54-38(2,3)4/h24-25,28-30,42H,14-23,26-27H2,1-13H3,(H,44,50)(H2,45,46,53). The summed E-state index contributed by atoms with van der Waals surface area (Å²) in [5.41, 5.74) is -2.93. The zero-order valence-electron chi connectivity index (χ0n) is 36.8. The SMILES string of the molecule is CC(CCCCNCc1nccn1CC(=O)OC(C)(C)C)C(=O)NCCCCC(NC(=O)NC(CCC(=O)OC(C)(C)C)C(=O)OC(C)(C)C)C(=O)OC(C)(C)C. The van der Waals surface area contributed by atoms with Gasteiger partial charge in [0.05, 0.1) is 6.54 Å². The van der Waals surface area contributed by atoms with Crippen molar-refractivity contribution >= 4 is 35.8 Å². The third-order valence-electron chi connectivity index (χ3n) is 7.76. The lowest BCUT2D eigenvalue weighted by atomic mass is 10.0. The fraction of sp³-hybridized carbons (Fsp3) is 0.780. The monoisotopic (exact) mass is 809 g/mol. The molecule has 4 N–H and O–H groups in total. The second-order valence-electron chi connectivity index (χ2n) is 18.3. The third kappa shape index (κ3) is 24.9. The number of ether oxygens (including phenoxy) is 4. The van der Waals surface area contributed by atoms with Gasteiger partial charge in [-0.05, 0) is 128 Å². The average Bonchev–Trinajstić information content (AvgIpc) is 3.46. The Bertz CT molecular complexity index is 1450. The van der Waals surface area contributed by atoms with Crippen molar-refractivity contribution < 1.29 is 47.7 Å². The van der Waals surface area contributed by atoms with Crippen LogP contribution in [0.3, 0.4) is 0 Å². The summed E-state index contributed by atoms with van der Waals surface area (Å²) >= 11 is 0. The molecule has 3 amide bonds. The fourth-order valence-electron chi connectivity index (χ4n) is 5.31. The third-order valence-corrected chi connectivity index (χ3v) is 7.76. The van der Waals surface area contributed by atoms with E-state index >= 15 is 0 Å². The quantitative estimate of drug-likeness (QED) is 0.0674. The lowest BCUT2D eigenvalue weighted by Gasteiger charge is -2.27. The molecule has 0 fully saturated rings. The number of hydrogen-bond acceptors (Lipinski definition) is 12. The highest BCUT2D eigenvalue weighted by atomic mass is 16.6. The van der Waals surface area contributed by atoms with Crippen molar-refractivity contribution in [3.05, 3.63) is 18.2 Å². The molecule has 57 heavy (non-hydrogen) atoms. The van der Waals surface area contributed by atoms with Crippen LogP contribution < -0.4 is 21.3 Å². The maximum atomic E-state index is 13.2. The van der Waals surface area contributed by atoms with E-state index in [2.05, 4.69) is 26.3 Å². The van der Waals surface area contributed by atoms with E-state index in [0.29, 0.717) is 32.4 Å². The van der Waals surface area contributed by atoms with Gasteiger partial charge in [0.25, 0.3) is 0 Å². The molecule has 0 radical (unpaired) electrons. The normalized spacial score (nSPS) is 13.8. The Labute approximate surface area is 340 Å². The van der Waals surface area contributed by atoms with Gasteiger partial charge in [-0.3, -0.25) is 14.4 Å². The van der Waals surface area contributed by atoms with E-state index in [1.807, 2.05) is 27.7 Å². The molecule has 0 aliphatic rings. The van der Waals surface area contributed by atoms with E-state index in [1.54, 1.807) is 79.3 Å². The molecule has 1 aromatic heterocycles. The predicted molar refractivity (Wildman–Crippen MR) is 216 cm³/mol. The van der Waals surface area contributed by atoms with Gasteiger partial charge in [0.1, 0.15) is 46.9 Å². The number of carbonyl (C=O) groups excluding carboxylic acids is 6. The Balaban J connectivity index is 2.60. The van der Waals surface area contributed by atoms with Gasteiger partial charge in [-0.25, -0.2) is 19.4 Å². The summed E-state index contributed by atoms with van der Waals surface area (Å²) < 4.78 is 23.5. The number of nitrogens with one attached hydrogen (secondary N) is 4. The van der Waals surface area contributed by atoms with Gasteiger partial charge in [0.15, 0.2) is 0 Å². The van der Waals surface area contributed by atoms with Crippen LogP contribution in [0.1, 0.15) is 147 Å². The minimum Gasteiger partial charge on any atom is -0.460 e. The van der Waals surface area contributed by atoms with Gasteiger partial charge in [-0.1, -0.05) is 13.3 Å². The number of aromatic nitrogens is 2. The summed E-state index contributed by atoms with van der Waals surface area (Å²) in [4.78, 5) is 81.0. The molecule has 0 aromatic carbocycles. The molecule has 16 nitrogen and oxygen atoms in total. The second-order valence-corrected chi connectivity index (χ2v) is 18.3. The number of imidazole rings is 1. The van der Waals surface area contributed by atoms with Crippen molar-refractivity contribution in [1.82, 2.24) is 30.8 Å². The fourth-order valence-corrected chi connectivity index (χ4v) is 5.31. The first kappa shape index (κ1) is 50.8. The van der Waals surface area contributed by atoms with Crippen molar-refractivity contribution in [3.8, 4) is 0 Å². The van der Waals surface area contributed by atoms with E-state index in [1.165, 1.54) is 0 Å². The van der Waals surface area contributed by atoms with Crippen LogP contribution in [-0.4, -0.2) is 92.9 Å². The molecule has 3 atom stereocenters. The molecule has 0 aliphatic carbocycles. The van der Waals surface area contributed by atoms with Gasteiger partial charge in [-0.15, -0.1) is 0 Å². The summed E-state index contributed by atoms with van der Waals surface area (Å²) in [5, 5.41) is 11.5. The minimum absolute atomic E-state index is 0.0621. The van der Waals surface area contributed by atoms with E-state index in [0.717, 1.165) is 25.2 Å². The van der Waals surface area contributed by atoms with Crippen molar-refractivity contribution in [1.29, 1.82) is 0 Å². The first-order valence-corrected chi connectivity index (χ1v) is 20.1. The smallest absolute Gasteiger partial charge is 0.329 e. The summed E-state index contributed by atoms with van der Waals surface area (Å²) in [6.45, 7) is 24.5. The van der Waals surface area contributed by atoms with Crippen LogP contribution in [-0.2, 0) is 56.0 Å². The number of carbonyl (C=O) groups is 6. The summed E-state index contributed by atoms with van der Waals surface area (Å²) in [6, 6.07) is -3.02. The molecule has 0 aliphatic heterocycles. The lowest BCUT2D eigenvalue weighted by Crippen LogP contribution is -2.53. The molecule has 0 spiro atoms. The predicted octanol–water partition coefficient (Wildman–Crippen LogP) is 5.25. The Morgan fingerprint density at radius 2 is 1.14 bits per heavy atom. The van der Waals surface area contributed by atoms with Crippen LogP contribution in [0, 0.1) is 5.92 Å². The van der Waals surface area contributed by atoms with Crippen LogP contribution in [0.5, 0.6) is 0 Å². The Morgan fingerprint density at radius 1 is 0.649 bits per heavy atom. The van der Waals surface area contributed by atoms with Gasteiger partial charge in [0.2, 0.25) is 5.91 Å². The molecule has 0 bridgehead atoms. The Kier molecular flexibility index (Phi) is 20.7. The number of urea groups is 1. The van der Waals surface area contributed by atoms with Gasteiger partial charge < -0.3 is 44.8 Å². The number of unbranched alkanes of at least 4 members (excludes halogenated alkanes) is 2.